The maximum absolute atomic E-state index is 12.4. The van der Waals surface area contributed by atoms with E-state index in [-0.39, 0.29) is 17.7 Å². The number of nitrogens with two attached hydrogens (primary N) is 1. The van der Waals surface area contributed by atoms with Crippen LogP contribution in [-0.2, 0) is 21.2 Å². The number of hydrogen-bond donors (Lipinski definition) is 1. The van der Waals surface area contributed by atoms with E-state index in [2.05, 4.69) is 19.8 Å². The molecule has 2 aromatic heterocycles. The lowest BCUT2D eigenvalue weighted by atomic mass is 10.1. The molecule has 2 N–H and O–H groups in total. The highest BCUT2D eigenvalue weighted by atomic mass is 32.2. The Morgan fingerprint density at radius 3 is 2.59 bits per heavy atom. The van der Waals surface area contributed by atoms with Crippen molar-refractivity contribution in [2.45, 2.75) is 25.8 Å². The van der Waals surface area contributed by atoms with Gasteiger partial charge < -0.3 is 20.3 Å². The molecule has 172 valence electrons. The molecule has 3 aliphatic heterocycles. The van der Waals surface area contributed by atoms with Crippen LogP contribution in [-0.4, -0.2) is 90.4 Å². The Morgan fingerprint density at radius 1 is 1.12 bits per heavy atom. The number of morpholine rings is 1. The fourth-order valence-electron chi connectivity index (χ4n) is 4.63. The summed E-state index contributed by atoms with van der Waals surface area (Å²) in [6.07, 6.45) is 4.97. The first-order valence-electron chi connectivity index (χ1n) is 11.0. The van der Waals surface area contributed by atoms with Crippen LogP contribution in [0.5, 0.6) is 0 Å². The number of sulfonamides is 1. The van der Waals surface area contributed by atoms with Crippen molar-refractivity contribution in [1.29, 1.82) is 0 Å². The Kier molecular flexibility index (Phi) is 5.59. The summed E-state index contributed by atoms with van der Waals surface area (Å²) in [5.74, 6) is 1.88. The van der Waals surface area contributed by atoms with Crippen LogP contribution in [0.15, 0.2) is 12.4 Å². The number of nitrogens with zero attached hydrogens (tertiary/aromatic N) is 7. The van der Waals surface area contributed by atoms with Crippen LogP contribution in [0, 0.1) is 0 Å². The number of ether oxygens (including phenoxy) is 1. The second-order valence-electron chi connectivity index (χ2n) is 8.25. The van der Waals surface area contributed by atoms with Crippen LogP contribution < -0.4 is 15.5 Å². The summed E-state index contributed by atoms with van der Waals surface area (Å²) in [4.78, 5) is 22.6. The topological polar surface area (TPSA) is 131 Å². The minimum atomic E-state index is -3.19. The summed E-state index contributed by atoms with van der Waals surface area (Å²) in [5, 5.41) is 0. The molecule has 0 aromatic carbocycles. The Morgan fingerprint density at radius 2 is 1.88 bits per heavy atom. The molecule has 0 spiro atoms. The third-order valence-corrected chi connectivity index (χ3v) is 8.26. The minimum absolute atomic E-state index is 0.0977. The fourth-order valence-corrected chi connectivity index (χ4v) is 5.77. The first kappa shape index (κ1) is 21.3. The number of nitrogen functional groups attached to an aromatic ring is 1. The van der Waals surface area contributed by atoms with Gasteiger partial charge in [0.05, 0.1) is 24.7 Å². The summed E-state index contributed by atoms with van der Waals surface area (Å²) in [7, 11) is -3.19. The predicted octanol–water partition coefficient (Wildman–Crippen LogP) is 0.139. The third kappa shape index (κ3) is 3.86. The van der Waals surface area contributed by atoms with E-state index in [9.17, 15) is 8.42 Å². The lowest BCUT2D eigenvalue weighted by molar-refractivity contribution is 0.122. The Labute approximate surface area is 187 Å². The molecule has 0 unspecified atom stereocenters. The van der Waals surface area contributed by atoms with Crippen LogP contribution in [0.2, 0.25) is 0 Å². The quantitative estimate of drug-likeness (QED) is 0.657. The number of hydrogen-bond acceptors (Lipinski definition) is 10. The summed E-state index contributed by atoms with van der Waals surface area (Å²) in [6, 6.07) is 0.0977. The van der Waals surface area contributed by atoms with Crippen LogP contribution >= 0.6 is 0 Å². The Hall–Kier alpha value is -2.57. The monoisotopic (exact) mass is 460 g/mol. The van der Waals surface area contributed by atoms with Crippen molar-refractivity contribution in [1.82, 2.24) is 24.2 Å². The molecule has 5 heterocycles. The molecule has 0 aliphatic carbocycles. The molecule has 11 nitrogen and oxygen atoms in total. The van der Waals surface area contributed by atoms with Gasteiger partial charge in [-0.25, -0.2) is 23.4 Å². The van der Waals surface area contributed by atoms with Gasteiger partial charge >= 0.3 is 0 Å². The highest BCUT2D eigenvalue weighted by molar-refractivity contribution is 7.89. The molecular weight excluding hydrogens is 432 g/mol. The van der Waals surface area contributed by atoms with E-state index in [1.165, 1.54) is 0 Å². The molecule has 0 saturated carbocycles. The van der Waals surface area contributed by atoms with Crippen LogP contribution in [0.1, 0.15) is 18.9 Å². The Bertz CT molecular complexity index is 1090. The largest absolute Gasteiger partial charge is 0.378 e. The first-order chi connectivity index (χ1) is 15.5. The van der Waals surface area contributed by atoms with Gasteiger partial charge in [0, 0.05) is 62.3 Å². The number of fused-ring (bicyclic) bond motifs is 1. The fraction of sp³-hybridized carbons (Fsp3) is 0.600. The average molecular weight is 461 g/mol. The van der Waals surface area contributed by atoms with Crippen LogP contribution in [0.3, 0.4) is 0 Å². The molecule has 32 heavy (non-hydrogen) atoms. The van der Waals surface area contributed by atoms with Crippen molar-refractivity contribution in [2.24, 2.45) is 0 Å². The molecule has 2 aromatic rings. The summed E-state index contributed by atoms with van der Waals surface area (Å²) >= 11 is 0. The van der Waals surface area contributed by atoms with E-state index in [1.54, 1.807) is 23.6 Å². The number of aromatic nitrogens is 4. The predicted molar refractivity (Wildman–Crippen MR) is 121 cm³/mol. The normalized spacial score (nSPS) is 21.8. The second kappa shape index (κ2) is 8.41. The van der Waals surface area contributed by atoms with Gasteiger partial charge in [-0.2, -0.15) is 9.29 Å². The average Bonchev–Trinajstić information content (AvgIpc) is 3.47. The SMILES string of the molecule is CCS(=O)(=O)N1CC[C@H](N2CCc3c(-c4cnc(N)nc4)nc(N4CCOCC4)nc32)C1. The van der Waals surface area contributed by atoms with Crippen LogP contribution in [0.4, 0.5) is 17.7 Å². The molecule has 2 fully saturated rings. The van der Waals surface area contributed by atoms with Crippen molar-refractivity contribution >= 4 is 27.7 Å². The molecule has 0 bridgehead atoms. The lowest BCUT2D eigenvalue weighted by Gasteiger charge is -2.30. The van der Waals surface area contributed by atoms with Crippen molar-refractivity contribution in [3.63, 3.8) is 0 Å². The van der Waals surface area contributed by atoms with Crippen molar-refractivity contribution < 1.29 is 13.2 Å². The van der Waals surface area contributed by atoms with Gasteiger partial charge in [0.25, 0.3) is 0 Å². The smallest absolute Gasteiger partial charge is 0.228 e. The second-order valence-corrected chi connectivity index (χ2v) is 10.5. The van der Waals surface area contributed by atoms with E-state index < -0.39 is 10.0 Å². The molecule has 12 heteroatoms. The summed E-state index contributed by atoms with van der Waals surface area (Å²) in [5.41, 5.74) is 8.35. The van der Waals surface area contributed by atoms with Gasteiger partial charge in [-0.15, -0.1) is 0 Å². The lowest BCUT2D eigenvalue weighted by Crippen LogP contribution is -2.40. The molecule has 2 saturated heterocycles. The molecule has 5 rings (SSSR count). The summed E-state index contributed by atoms with van der Waals surface area (Å²) < 4.78 is 31.8. The van der Waals surface area contributed by atoms with Crippen molar-refractivity contribution in [3.8, 4) is 11.3 Å². The number of anilines is 3. The van der Waals surface area contributed by atoms with Crippen LogP contribution in [0.25, 0.3) is 11.3 Å². The zero-order valence-electron chi connectivity index (χ0n) is 18.1. The molecule has 0 amide bonds. The third-order valence-electron chi connectivity index (χ3n) is 6.41. The summed E-state index contributed by atoms with van der Waals surface area (Å²) in [6.45, 7) is 6.24. The standard InChI is InChI=1S/C20H28N8O3S/c1-2-32(29,30)27-5-3-15(13-27)28-6-4-16-17(14-11-22-19(21)23-12-14)24-20(25-18(16)28)26-7-9-31-10-8-26/h11-12,15H,2-10,13H2,1H3,(H2,21,22,23)/t15-/m0/s1. The zero-order valence-corrected chi connectivity index (χ0v) is 19.0. The van der Waals surface area contributed by atoms with Crippen molar-refractivity contribution in [2.75, 3.05) is 67.2 Å². The van der Waals surface area contributed by atoms with E-state index in [0.717, 1.165) is 55.1 Å². The van der Waals surface area contributed by atoms with Gasteiger partial charge in [0.15, 0.2) is 0 Å². The maximum Gasteiger partial charge on any atom is 0.228 e. The Balaban J connectivity index is 1.52. The highest BCUT2D eigenvalue weighted by Gasteiger charge is 2.38. The molecule has 0 radical (unpaired) electrons. The molecule has 1 atom stereocenters. The molecule has 3 aliphatic rings. The van der Waals surface area contributed by atoms with Gasteiger partial charge in [0.1, 0.15) is 5.82 Å². The van der Waals surface area contributed by atoms with E-state index in [4.69, 9.17) is 20.4 Å². The maximum atomic E-state index is 12.4. The zero-order chi connectivity index (χ0) is 22.3. The van der Waals surface area contributed by atoms with Gasteiger partial charge in [-0.3, -0.25) is 0 Å². The first-order valence-corrected chi connectivity index (χ1v) is 12.6. The van der Waals surface area contributed by atoms with Gasteiger partial charge in [0.2, 0.25) is 21.9 Å². The van der Waals surface area contributed by atoms with Gasteiger partial charge in [-0.1, -0.05) is 0 Å². The van der Waals surface area contributed by atoms with E-state index in [1.807, 2.05) is 0 Å². The van der Waals surface area contributed by atoms with Gasteiger partial charge in [-0.05, 0) is 19.8 Å². The van der Waals surface area contributed by atoms with Crippen molar-refractivity contribution in [3.05, 3.63) is 18.0 Å². The highest BCUT2D eigenvalue weighted by Crippen LogP contribution is 2.38. The number of rotatable bonds is 5. The molecular formula is C20H28N8O3S. The van der Waals surface area contributed by atoms with E-state index >= 15 is 0 Å². The minimum Gasteiger partial charge on any atom is -0.378 e. The van der Waals surface area contributed by atoms with E-state index in [0.29, 0.717) is 32.3 Å².